The molecule has 0 aromatic heterocycles. The molecule has 0 rings (SSSR count). The Bertz CT molecular complexity index is 421. The number of rotatable bonds is 14. The fourth-order valence-electron chi connectivity index (χ4n) is 2.07. The second kappa shape index (κ2) is 16.2. The average molecular weight is 336 g/mol. The molecule has 0 unspecified atom stereocenters. The van der Waals surface area contributed by atoms with Crippen molar-refractivity contribution in [1.29, 1.82) is 0 Å². The van der Waals surface area contributed by atoms with Gasteiger partial charge in [0.25, 0.3) is 0 Å². The fourth-order valence-corrected chi connectivity index (χ4v) is 2.07. The monoisotopic (exact) mass is 336 g/mol. The Morgan fingerprint density at radius 1 is 0.917 bits per heavy atom. The van der Waals surface area contributed by atoms with Crippen LogP contribution in [0.1, 0.15) is 58.3 Å². The minimum atomic E-state index is -0.824. The highest BCUT2D eigenvalue weighted by Crippen LogP contribution is 2.05. The molecule has 4 nitrogen and oxygen atoms in total. The molecule has 0 radical (unpaired) electrons. The van der Waals surface area contributed by atoms with Crippen molar-refractivity contribution in [2.75, 3.05) is 0 Å². The maximum atomic E-state index is 10.4. The van der Waals surface area contributed by atoms with E-state index >= 15 is 0 Å². The summed E-state index contributed by atoms with van der Waals surface area (Å²) >= 11 is 0. The maximum absolute atomic E-state index is 10.4. The van der Waals surface area contributed by atoms with Crippen LogP contribution in [0, 0.1) is 0 Å². The average Bonchev–Trinajstić information content (AvgIpc) is 2.53. The lowest BCUT2D eigenvalue weighted by molar-refractivity contribution is -0.137. The predicted octanol–water partition coefficient (Wildman–Crippen LogP) is 4.16. The molecule has 0 aromatic carbocycles. The molecule has 0 aliphatic heterocycles. The summed E-state index contributed by atoms with van der Waals surface area (Å²) in [6, 6.07) is 0. The van der Waals surface area contributed by atoms with Crippen LogP contribution in [0.15, 0.2) is 48.6 Å². The van der Waals surface area contributed by atoms with Crippen molar-refractivity contribution >= 4 is 5.97 Å². The first kappa shape index (κ1) is 22.4. The number of hydrogen-bond acceptors (Lipinski definition) is 3. The molecule has 24 heavy (non-hydrogen) atoms. The van der Waals surface area contributed by atoms with E-state index in [0.29, 0.717) is 19.3 Å². The molecule has 4 heteroatoms. The molecule has 0 saturated heterocycles. The zero-order chi connectivity index (χ0) is 18.0. The van der Waals surface area contributed by atoms with E-state index in [1.165, 1.54) is 0 Å². The van der Waals surface area contributed by atoms with Crippen LogP contribution >= 0.6 is 0 Å². The third-order valence-electron chi connectivity index (χ3n) is 3.46. The molecule has 0 saturated carbocycles. The van der Waals surface area contributed by atoms with Crippen LogP contribution in [-0.2, 0) is 4.79 Å². The lowest BCUT2D eigenvalue weighted by Gasteiger charge is -2.05. The van der Waals surface area contributed by atoms with Gasteiger partial charge >= 0.3 is 5.97 Å². The number of aliphatic carboxylic acids is 1. The Labute approximate surface area is 145 Å². The normalized spacial score (nSPS) is 15.1. The van der Waals surface area contributed by atoms with E-state index in [9.17, 15) is 15.0 Å². The minimum Gasteiger partial charge on any atom is -0.481 e. The van der Waals surface area contributed by atoms with Crippen LogP contribution in [0.5, 0.6) is 0 Å². The highest BCUT2D eigenvalue weighted by molar-refractivity contribution is 5.66. The predicted molar refractivity (Wildman–Crippen MR) is 98.8 cm³/mol. The molecule has 3 N–H and O–H groups in total. The number of allylic oxidation sites excluding steroid dienone is 6. The Morgan fingerprint density at radius 2 is 1.58 bits per heavy atom. The summed E-state index contributed by atoms with van der Waals surface area (Å²) in [7, 11) is 0. The first-order chi connectivity index (χ1) is 11.6. The van der Waals surface area contributed by atoms with Crippen molar-refractivity contribution in [3.8, 4) is 0 Å². The smallest absolute Gasteiger partial charge is 0.303 e. The Kier molecular flexibility index (Phi) is 15.1. The molecular weight excluding hydrogens is 304 g/mol. The minimum absolute atomic E-state index is 0.103. The second-order valence-electron chi connectivity index (χ2n) is 5.82. The van der Waals surface area contributed by atoms with Gasteiger partial charge in [-0.05, 0) is 25.7 Å². The maximum Gasteiger partial charge on any atom is 0.303 e. The highest BCUT2D eigenvalue weighted by Gasteiger charge is 2.03. The van der Waals surface area contributed by atoms with Gasteiger partial charge in [-0.3, -0.25) is 4.79 Å². The first-order valence-electron chi connectivity index (χ1n) is 8.80. The van der Waals surface area contributed by atoms with Gasteiger partial charge in [-0.15, -0.1) is 0 Å². The number of hydrogen-bond donors (Lipinski definition) is 3. The summed E-state index contributed by atoms with van der Waals surface area (Å²) in [4.78, 5) is 10.4. The lowest BCUT2D eigenvalue weighted by atomic mass is 10.1. The van der Waals surface area contributed by atoms with Crippen molar-refractivity contribution in [3.05, 3.63) is 48.6 Å². The summed E-state index contributed by atoms with van der Waals surface area (Å²) in [5.41, 5.74) is 0. The van der Waals surface area contributed by atoms with Crippen LogP contribution < -0.4 is 0 Å². The number of unbranched alkanes of at least 4 members (excludes halogenated alkanes) is 2. The van der Waals surface area contributed by atoms with Gasteiger partial charge in [0.15, 0.2) is 0 Å². The topological polar surface area (TPSA) is 77.8 Å². The quantitative estimate of drug-likeness (QED) is 0.329. The molecule has 0 bridgehead atoms. The van der Waals surface area contributed by atoms with Crippen LogP contribution in [0.4, 0.5) is 0 Å². The molecule has 0 aromatic rings. The molecular formula is C20H32O4. The van der Waals surface area contributed by atoms with Gasteiger partial charge in [0.1, 0.15) is 0 Å². The SMILES string of the molecule is CCCCC[C@H](O)/C=C/C=C\C=C\C=C\C[C@@H](O)CCCC(=O)O. The molecule has 0 spiro atoms. The van der Waals surface area contributed by atoms with Crippen LogP contribution in [-0.4, -0.2) is 33.5 Å². The second-order valence-corrected chi connectivity index (χ2v) is 5.82. The van der Waals surface area contributed by atoms with Gasteiger partial charge in [0.2, 0.25) is 0 Å². The molecule has 2 atom stereocenters. The van der Waals surface area contributed by atoms with E-state index in [-0.39, 0.29) is 12.5 Å². The largest absolute Gasteiger partial charge is 0.481 e. The van der Waals surface area contributed by atoms with Crippen molar-refractivity contribution < 1.29 is 20.1 Å². The Morgan fingerprint density at radius 3 is 2.25 bits per heavy atom. The van der Waals surface area contributed by atoms with E-state index in [2.05, 4.69) is 6.92 Å². The van der Waals surface area contributed by atoms with E-state index in [1.54, 1.807) is 6.08 Å². The Balaban J connectivity index is 3.77. The number of aliphatic hydroxyl groups excluding tert-OH is 2. The third kappa shape index (κ3) is 16.7. The molecule has 136 valence electrons. The van der Waals surface area contributed by atoms with E-state index in [4.69, 9.17) is 5.11 Å². The number of carboxylic acids is 1. The summed E-state index contributed by atoms with van der Waals surface area (Å²) in [6.45, 7) is 2.14. The van der Waals surface area contributed by atoms with E-state index in [0.717, 1.165) is 25.7 Å². The molecule has 0 fully saturated rings. The fraction of sp³-hybridized carbons (Fsp3) is 0.550. The number of carbonyl (C=O) groups is 1. The molecule has 0 heterocycles. The van der Waals surface area contributed by atoms with Crippen molar-refractivity contribution in [2.45, 2.75) is 70.5 Å². The van der Waals surface area contributed by atoms with E-state index in [1.807, 2.05) is 42.5 Å². The van der Waals surface area contributed by atoms with E-state index < -0.39 is 12.1 Å². The first-order valence-corrected chi connectivity index (χ1v) is 8.80. The van der Waals surface area contributed by atoms with Gasteiger partial charge in [-0.25, -0.2) is 0 Å². The van der Waals surface area contributed by atoms with Crippen molar-refractivity contribution in [3.63, 3.8) is 0 Å². The third-order valence-corrected chi connectivity index (χ3v) is 3.46. The number of carboxylic acid groups (broad SMARTS) is 1. The van der Waals surface area contributed by atoms with Gasteiger partial charge < -0.3 is 15.3 Å². The highest BCUT2D eigenvalue weighted by atomic mass is 16.4. The molecule has 0 aliphatic carbocycles. The summed E-state index contributed by atoms with van der Waals surface area (Å²) in [5, 5.41) is 27.8. The zero-order valence-corrected chi connectivity index (χ0v) is 14.7. The van der Waals surface area contributed by atoms with Crippen molar-refractivity contribution in [1.82, 2.24) is 0 Å². The summed E-state index contributed by atoms with van der Waals surface area (Å²) < 4.78 is 0. The Hall–Kier alpha value is -1.65. The summed E-state index contributed by atoms with van der Waals surface area (Å²) in [6.07, 6.45) is 19.8. The van der Waals surface area contributed by atoms with Crippen LogP contribution in [0.25, 0.3) is 0 Å². The zero-order valence-electron chi connectivity index (χ0n) is 14.7. The lowest BCUT2D eigenvalue weighted by Crippen LogP contribution is -2.06. The number of aliphatic hydroxyl groups is 2. The van der Waals surface area contributed by atoms with Gasteiger partial charge in [0, 0.05) is 6.42 Å². The van der Waals surface area contributed by atoms with Crippen molar-refractivity contribution in [2.24, 2.45) is 0 Å². The van der Waals surface area contributed by atoms with Gasteiger partial charge in [-0.2, -0.15) is 0 Å². The standard InChI is InChI=1S/C20H32O4/c1-2-3-9-13-18(21)14-10-7-5-4-6-8-11-15-19(22)16-12-17-20(23)24/h4-8,10-11,14,18-19,21-22H,2-3,9,12-13,15-17H2,1H3,(H,23,24)/b6-4+,7-5-,11-8+,14-10+/t18-,19+/m0/s1. The summed E-state index contributed by atoms with van der Waals surface area (Å²) in [5.74, 6) is -0.824. The van der Waals surface area contributed by atoms with Gasteiger partial charge in [0.05, 0.1) is 12.2 Å². The van der Waals surface area contributed by atoms with Gasteiger partial charge in [-0.1, -0.05) is 74.8 Å². The van der Waals surface area contributed by atoms with Crippen LogP contribution in [0.3, 0.4) is 0 Å². The molecule has 0 amide bonds. The molecule has 0 aliphatic rings. The van der Waals surface area contributed by atoms with Crippen LogP contribution in [0.2, 0.25) is 0 Å².